The summed E-state index contributed by atoms with van der Waals surface area (Å²) in [6, 6.07) is 5.69. The number of rotatable bonds is 3. The number of benzene rings is 1. The van der Waals surface area contributed by atoms with Crippen LogP contribution in [0.2, 0.25) is 0 Å². The molecule has 6 nitrogen and oxygen atoms in total. The summed E-state index contributed by atoms with van der Waals surface area (Å²) >= 11 is 0. The minimum Gasteiger partial charge on any atom is -0.337 e. The minimum absolute atomic E-state index is 0.0961. The molecule has 1 aliphatic heterocycles. The molecule has 2 aromatic heterocycles. The molecular formula is C27H27F2N5O. The average molecular weight is 476 g/mol. The third-order valence-corrected chi connectivity index (χ3v) is 8.88. The molecule has 0 unspecified atom stereocenters. The Morgan fingerprint density at radius 2 is 1.91 bits per heavy atom. The Labute approximate surface area is 202 Å². The number of likely N-dealkylation sites (tertiary alicyclic amines) is 1. The number of fused-ring (bicyclic) bond motifs is 5. The first kappa shape index (κ1) is 22.2. The van der Waals surface area contributed by atoms with E-state index < -0.39 is 11.6 Å². The number of hydrogen-bond acceptors (Lipinski definition) is 5. The second-order valence-electron chi connectivity index (χ2n) is 10.6. The highest BCUT2D eigenvalue weighted by Crippen LogP contribution is 2.70. The van der Waals surface area contributed by atoms with E-state index in [9.17, 15) is 13.6 Å². The number of carbonyl (C=O) groups is 1. The van der Waals surface area contributed by atoms with Crippen LogP contribution in [-0.4, -0.2) is 44.1 Å². The molecule has 2 fully saturated rings. The fourth-order valence-electron chi connectivity index (χ4n) is 7.28. The molecule has 3 atom stereocenters. The van der Waals surface area contributed by atoms with E-state index in [0.717, 1.165) is 36.9 Å². The third kappa shape index (κ3) is 3.08. The molecule has 1 saturated carbocycles. The molecule has 1 amide bonds. The fourth-order valence-corrected chi connectivity index (χ4v) is 7.28. The molecule has 0 radical (unpaired) electrons. The summed E-state index contributed by atoms with van der Waals surface area (Å²) in [5, 5.41) is 9.00. The van der Waals surface area contributed by atoms with E-state index in [1.165, 1.54) is 30.6 Å². The van der Waals surface area contributed by atoms with Crippen molar-refractivity contribution in [2.24, 2.45) is 11.3 Å². The van der Waals surface area contributed by atoms with Crippen LogP contribution in [0.1, 0.15) is 67.2 Å². The average Bonchev–Trinajstić information content (AvgIpc) is 3.25. The van der Waals surface area contributed by atoms with Crippen LogP contribution in [0.15, 0.2) is 42.9 Å². The molecule has 8 heteroatoms. The first-order valence-corrected chi connectivity index (χ1v) is 12.2. The summed E-state index contributed by atoms with van der Waals surface area (Å²) in [4.78, 5) is 23.3. The fraction of sp³-hybridized carbons (Fsp3) is 0.444. The highest BCUT2D eigenvalue weighted by molar-refractivity contribution is 5.92. The number of carbonyl (C=O) groups excluding carboxylic acids is 1. The molecule has 1 aromatic carbocycles. The molecule has 6 rings (SSSR count). The molecule has 180 valence electrons. The summed E-state index contributed by atoms with van der Waals surface area (Å²) in [5.74, 6) is -0.930. The third-order valence-electron chi connectivity index (χ3n) is 8.88. The Balaban J connectivity index is 1.39. The summed E-state index contributed by atoms with van der Waals surface area (Å²) in [6.45, 7) is 5.87. The monoisotopic (exact) mass is 475 g/mol. The van der Waals surface area contributed by atoms with Crippen LogP contribution in [0.25, 0.3) is 11.3 Å². The van der Waals surface area contributed by atoms with E-state index in [2.05, 4.69) is 34.0 Å². The quantitative estimate of drug-likeness (QED) is 0.538. The zero-order valence-corrected chi connectivity index (χ0v) is 19.8. The molecular weight excluding hydrogens is 448 g/mol. The van der Waals surface area contributed by atoms with Gasteiger partial charge in [0.15, 0.2) is 0 Å². The van der Waals surface area contributed by atoms with Gasteiger partial charge < -0.3 is 4.90 Å². The van der Waals surface area contributed by atoms with Crippen LogP contribution in [0, 0.1) is 23.0 Å². The van der Waals surface area contributed by atoms with Crippen molar-refractivity contribution in [1.82, 2.24) is 25.1 Å². The van der Waals surface area contributed by atoms with Gasteiger partial charge in [0.2, 0.25) is 0 Å². The maximum atomic E-state index is 14.5. The number of hydrogen-bond donors (Lipinski definition) is 0. The van der Waals surface area contributed by atoms with E-state index >= 15 is 0 Å². The predicted octanol–water partition coefficient (Wildman–Crippen LogP) is 4.92. The Bertz CT molecular complexity index is 1290. The van der Waals surface area contributed by atoms with Crippen molar-refractivity contribution in [2.75, 3.05) is 13.1 Å². The van der Waals surface area contributed by atoms with Gasteiger partial charge in [-0.05, 0) is 66.7 Å². The summed E-state index contributed by atoms with van der Waals surface area (Å²) in [5.41, 5.74) is 2.10. The van der Waals surface area contributed by atoms with Crippen molar-refractivity contribution >= 4 is 5.91 Å². The van der Waals surface area contributed by atoms with Crippen LogP contribution in [0.3, 0.4) is 0 Å². The van der Waals surface area contributed by atoms with Gasteiger partial charge >= 0.3 is 0 Å². The molecule has 3 aliphatic rings. The van der Waals surface area contributed by atoms with Gasteiger partial charge in [-0.15, -0.1) is 0 Å². The van der Waals surface area contributed by atoms with E-state index in [-0.39, 0.29) is 39.8 Å². The molecule has 3 aromatic rings. The number of nitrogens with zero attached hydrogens (tertiary/aromatic N) is 5. The van der Waals surface area contributed by atoms with Crippen LogP contribution in [0.4, 0.5) is 8.78 Å². The Morgan fingerprint density at radius 3 is 2.66 bits per heavy atom. The van der Waals surface area contributed by atoms with Crippen LogP contribution >= 0.6 is 0 Å². The van der Waals surface area contributed by atoms with Crippen LogP contribution in [0.5, 0.6) is 0 Å². The number of halogens is 2. The highest BCUT2D eigenvalue weighted by Gasteiger charge is 2.66. The van der Waals surface area contributed by atoms with Crippen molar-refractivity contribution in [3.05, 3.63) is 71.4 Å². The number of amides is 1. The summed E-state index contributed by atoms with van der Waals surface area (Å²) in [7, 11) is 0. The van der Waals surface area contributed by atoms with Crippen molar-refractivity contribution in [1.29, 1.82) is 0 Å². The normalized spacial score (nSPS) is 26.6. The van der Waals surface area contributed by atoms with Crippen molar-refractivity contribution in [3.8, 4) is 11.3 Å². The maximum absolute atomic E-state index is 14.5. The Hall–Kier alpha value is -3.29. The molecule has 35 heavy (non-hydrogen) atoms. The zero-order valence-electron chi connectivity index (χ0n) is 19.8. The number of piperidine rings is 1. The number of aromatic nitrogens is 4. The molecule has 0 N–H and O–H groups in total. The lowest BCUT2D eigenvalue weighted by molar-refractivity contribution is 0.0419. The second kappa shape index (κ2) is 7.86. The zero-order chi connectivity index (χ0) is 24.4. The molecule has 1 saturated heterocycles. The largest absolute Gasteiger partial charge is 0.337 e. The van der Waals surface area contributed by atoms with Crippen LogP contribution in [-0.2, 0) is 5.41 Å². The molecule has 2 aliphatic carbocycles. The lowest BCUT2D eigenvalue weighted by atomic mass is 9.59. The van der Waals surface area contributed by atoms with Gasteiger partial charge in [0.25, 0.3) is 5.91 Å². The van der Waals surface area contributed by atoms with Crippen molar-refractivity contribution < 1.29 is 13.6 Å². The van der Waals surface area contributed by atoms with E-state index in [1.807, 2.05) is 11.0 Å². The van der Waals surface area contributed by atoms with Gasteiger partial charge in [-0.25, -0.2) is 13.8 Å². The van der Waals surface area contributed by atoms with Gasteiger partial charge in [-0.2, -0.15) is 10.2 Å². The van der Waals surface area contributed by atoms with Gasteiger partial charge in [0.1, 0.15) is 17.3 Å². The SMILES string of the molecule is CC1(C)[C@H]2CC[C@]1([C@H]1CCCN(C(=O)c3cnccn3)C1)c1nnc(-c3c(F)cccc3F)cc12. The summed E-state index contributed by atoms with van der Waals surface area (Å²) < 4.78 is 29.0. The highest BCUT2D eigenvalue weighted by atomic mass is 19.1. The lowest BCUT2D eigenvalue weighted by Gasteiger charge is -2.48. The van der Waals surface area contributed by atoms with Gasteiger partial charge in [-0.3, -0.25) is 9.78 Å². The smallest absolute Gasteiger partial charge is 0.274 e. The van der Waals surface area contributed by atoms with Gasteiger partial charge in [0.05, 0.1) is 23.1 Å². The predicted molar refractivity (Wildman–Crippen MR) is 125 cm³/mol. The summed E-state index contributed by atoms with van der Waals surface area (Å²) in [6.07, 6.45) is 8.46. The minimum atomic E-state index is -0.637. The molecule has 2 bridgehead atoms. The van der Waals surface area contributed by atoms with Crippen molar-refractivity contribution in [3.63, 3.8) is 0 Å². The topological polar surface area (TPSA) is 71.9 Å². The van der Waals surface area contributed by atoms with Gasteiger partial charge in [-0.1, -0.05) is 19.9 Å². The maximum Gasteiger partial charge on any atom is 0.274 e. The Kier molecular flexibility index (Phi) is 4.99. The van der Waals surface area contributed by atoms with Gasteiger partial charge in [0, 0.05) is 30.9 Å². The second-order valence-corrected chi connectivity index (χ2v) is 10.6. The van der Waals surface area contributed by atoms with Crippen molar-refractivity contribution in [2.45, 2.75) is 50.9 Å². The first-order valence-electron chi connectivity index (χ1n) is 12.2. The lowest BCUT2D eigenvalue weighted by Crippen LogP contribution is -2.51. The van der Waals surface area contributed by atoms with Crippen LogP contribution < -0.4 is 0 Å². The first-order chi connectivity index (χ1) is 16.8. The van der Waals surface area contributed by atoms with E-state index in [0.29, 0.717) is 18.8 Å². The van der Waals surface area contributed by atoms with E-state index in [1.54, 1.807) is 6.20 Å². The molecule has 0 spiro atoms. The van der Waals surface area contributed by atoms with E-state index in [4.69, 9.17) is 0 Å². The molecule has 3 heterocycles. The standard InChI is InChI=1S/C27H27F2N5O/c1-26(2)18-8-9-27(26,16-5-4-12-34(15-16)25(35)22-14-30-10-11-31-22)24-17(18)13-21(32-33-24)23-19(28)6-3-7-20(23)29/h3,6-7,10-11,13-14,16,18H,4-5,8-9,12,15H2,1-2H3/t16-,18-,27-/m0/s1. The Morgan fingerprint density at radius 1 is 1.11 bits per heavy atom.